The van der Waals surface area contributed by atoms with E-state index in [0.29, 0.717) is 12.8 Å². The van der Waals surface area contributed by atoms with Gasteiger partial charge in [-0.05, 0) is 35.0 Å². The average molecular weight is 345 g/mol. The third kappa shape index (κ3) is 2.95. The number of hydrogen-bond donors (Lipinski definition) is 2. The number of carbonyl (C=O) groups excluding carboxylic acids is 1. The predicted molar refractivity (Wildman–Crippen MR) is 98.8 cm³/mol. The number of aromatic carboxylic acids is 1. The number of carboxylic acids is 1. The van der Waals surface area contributed by atoms with E-state index < -0.39 is 5.97 Å². The number of nitrogens with one attached hydrogen (secondary N) is 1. The van der Waals surface area contributed by atoms with E-state index in [-0.39, 0.29) is 11.5 Å². The van der Waals surface area contributed by atoms with Crippen molar-refractivity contribution in [2.45, 2.75) is 12.8 Å². The van der Waals surface area contributed by atoms with Gasteiger partial charge in [0.15, 0.2) is 0 Å². The lowest BCUT2D eigenvalue weighted by Gasteiger charge is -2.15. The van der Waals surface area contributed by atoms with Crippen molar-refractivity contribution >= 4 is 34.0 Å². The minimum absolute atomic E-state index is 0.0585. The Labute approximate surface area is 150 Å². The Bertz CT molecular complexity index is 1050. The summed E-state index contributed by atoms with van der Waals surface area (Å²) < 4.78 is 1.75. The fourth-order valence-corrected chi connectivity index (χ4v) is 3.21. The van der Waals surface area contributed by atoms with E-state index in [2.05, 4.69) is 29.7 Å². The fourth-order valence-electron chi connectivity index (χ4n) is 3.21. The zero-order chi connectivity index (χ0) is 18.1. The first-order valence-corrected chi connectivity index (χ1v) is 8.40. The summed E-state index contributed by atoms with van der Waals surface area (Å²) in [5.41, 5.74) is 5.85. The molecule has 3 aromatic carbocycles. The molecule has 1 amide bonds. The first-order chi connectivity index (χ1) is 12.6. The number of amides is 1. The number of hydrazine groups is 1. The molecule has 0 radical (unpaired) electrons. The topological polar surface area (TPSA) is 69.4 Å². The molecule has 26 heavy (non-hydrogen) atoms. The van der Waals surface area contributed by atoms with Gasteiger partial charge in [0.1, 0.15) is 0 Å². The van der Waals surface area contributed by atoms with Gasteiger partial charge in [0.25, 0.3) is 5.91 Å². The van der Waals surface area contributed by atoms with Gasteiger partial charge in [-0.3, -0.25) is 4.79 Å². The molecular formula is C21H17N2O3+. The standard InChI is InChI=1S/C21H16N2O3/c24-20-12-11-19(17-6-5-14-3-1-2-4-16(14)13-17)23(22-20)18-9-7-15(8-10-18)21(25)26/h1-10,13H,11-12H2,(H-,22,24,25,26)/p+1. The molecule has 0 bridgehead atoms. The van der Waals surface area contributed by atoms with E-state index in [1.54, 1.807) is 16.8 Å². The molecule has 0 fully saturated rings. The number of benzene rings is 3. The van der Waals surface area contributed by atoms with Crippen molar-refractivity contribution in [1.82, 2.24) is 5.43 Å². The third-order valence-electron chi connectivity index (χ3n) is 4.55. The Morgan fingerprint density at radius 2 is 1.65 bits per heavy atom. The molecule has 2 N–H and O–H groups in total. The van der Waals surface area contributed by atoms with Crippen molar-refractivity contribution < 1.29 is 19.4 Å². The molecule has 1 heterocycles. The van der Waals surface area contributed by atoms with Gasteiger partial charge in [0.05, 0.1) is 5.56 Å². The highest BCUT2D eigenvalue weighted by Gasteiger charge is 2.28. The van der Waals surface area contributed by atoms with Gasteiger partial charge in [0.2, 0.25) is 11.4 Å². The Morgan fingerprint density at radius 3 is 2.38 bits per heavy atom. The van der Waals surface area contributed by atoms with Crippen LogP contribution in [-0.2, 0) is 4.79 Å². The highest BCUT2D eigenvalue weighted by atomic mass is 16.4. The van der Waals surface area contributed by atoms with Crippen LogP contribution < -0.4 is 5.43 Å². The largest absolute Gasteiger partial charge is 0.478 e. The molecule has 0 spiro atoms. The number of hydrazone groups is 1. The van der Waals surface area contributed by atoms with Gasteiger partial charge >= 0.3 is 5.97 Å². The average Bonchev–Trinajstić information content (AvgIpc) is 2.67. The minimum Gasteiger partial charge on any atom is -0.478 e. The van der Waals surface area contributed by atoms with Crippen LogP contribution >= 0.6 is 0 Å². The summed E-state index contributed by atoms with van der Waals surface area (Å²) in [7, 11) is 0. The normalized spacial score (nSPS) is 14.4. The number of fused-ring (bicyclic) bond motifs is 1. The zero-order valence-electron chi connectivity index (χ0n) is 14.0. The molecule has 5 heteroatoms. The summed E-state index contributed by atoms with van der Waals surface area (Å²) in [6, 6.07) is 20.9. The summed E-state index contributed by atoms with van der Waals surface area (Å²) in [6.45, 7) is 0. The maximum Gasteiger partial charge on any atom is 0.335 e. The van der Waals surface area contributed by atoms with Crippen LogP contribution in [0.1, 0.15) is 28.8 Å². The maximum absolute atomic E-state index is 12.0. The zero-order valence-corrected chi connectivity index (χ0v) is 14.0. The summed E-state index contributed by atoms with van der Waals surface area (Å²) in [6.07, 6.45) is 1.04. The second-order valence-electron chi connectivity index (χ2n) is 6.23. The molecule has 4 rings (SSSR count). The summed E-state index contributed by atoms with van der Waals surface area (Å²) in [4.78, 5) is 23.0. The molecule has 5 nitrogen and oxygen atoms in total. The van der Waals surface area contributed by atoms with Crippen LogP contribution in [0.3, 0.4) is 0 Å². The van der Waals surface area contributed by atoms with E-state index in [1.807, 2.05) is 18.2 Å². The molecule has 128 valence electrons. The van der Waals surface area contributed by atoms with Crippen molar-refractivity contribution in [2.75, 3.05) is 0 Å². The van der Waals surface area contributed by atoms with E-state index in [9.17, 15) is 9.59 Å². The van der Waals surface area contributed by atoms with Gasteiger partial charge < -0.3 is 5.11 Å². The van der Waals surface area contributed by atoms with Gasteiger partial charge in [-0.2, -0.15) is 0 Å². The van der Waals surface area contributed by atoms with E-state index in [0.717, 1.165) is 27.7 Å². The Morgan fingerprint density at radius 1 is 0.923 bits per heavy atom. The molecule has 0 saturated heterocycles. The molecule has 0 aliphatic carbocycles. The number of hydrogen-bond acceptors (Lipinski definition) is 2. The molecule has 0 saturated carbocycles. The predicted octanol–water partition coefficient (Wildman–Crippen LogP) is 3.50. The Balaban J connectivity index is 1.84. The fraction of sp³-hybridized carbons (Fsp3) is 0.0952. The van der Waals surface area contributed by atoms with Crippen LogP contribution in [0.4, 0.5) is 5.69 Å². The van der Waals surface area contributed by atoms with Crippen molar-refractivity contribution in [3.05, 3.63) is 77.9 Å². The first-order valence-electron chi connectivity index (χ1n) is 8.40. The highest BCUT2D eigenvalue weighted by Crippen LogP contribution is 2.22. The number of carboxylic acid groups (broad SMARTS) is 1. The molecule has 3 aromatic rings. The highest BCUT2D eigenvalue weighted by molar-refractivity contribution is 6.03. The van der Waals surface area contributed by atoms with E-state index in [1.165, 1.54) is 12.1 Å². The van der Waals surface area contributed by atoms with Crippen LogP contribution in [0.15, 0.2) is 66.7 Å². The molecular weight excluding hydrogens is 328 g/mol. The second kappa shape index (κ2) is 6.44. The van der Waals surface area contributed by atoms with Gasteiger partial charge in [-0.15, -0.1) is 5.43 Å². The molecule has 0 atom stereocenters. The van der Waals surface area contributed by atoms with Crippen LogP contribution in [0.5, 0.6) is 0 Å². The quantitative estimate of drug-likeness (QED) is 0.714. The first kappa shape index (κ1) is 16.0. The van der Waals surface area contributed by atoms with Crippen molar-refractivity contribution in [1.29, 1.82) is 0 Å². The van der Waals surface area contributed by atoms with Crippen LogP contribution in [0.25, 0.3) is 10.8 Å². The summed E-state index contributed by atoms with van der Waals surface area (Å²) >= 11 is 0. The molecule has 1 aliphatic rings. The molecule has 1 aliphatic heterocycles. The summed E-state index contributed by atoms with van der Waals surface area (Å²) in [5, 5.41) is 11.4. The lowest BCUT2D eigenvalue weighted by molar-refractivity contribution is -0.496. The second-order valence-corrected chi connectivity index (χ2v) is 6.23. The number of nitrogens with zero attached hydrogens (tertiary/aromatic N) is 1. The van der Waals surface area contributed by atoms with Crippen molar-refractivity contribution in [3.8, 4) is 0 Å². The smallest absolute Gasteiger partial charge is 0.335 e. The van der Waals surface area contributed by atoms with Gasteiger partial charge in [-0.1, -0.05) is 35.0 Å². The number of carbonyl (C=O) groups is 2. The van der Waals surface area contributed by atoms with Crippen molar-refractivity contribution in [3.63, 3.8) is 0 Å². The monoisotopic (exact) mass is 345 g/mol. The van der Waals surface area contributed by atoms with Crippen LogP contribution in [0.2, 0.25) is 0 Å². The SMILES string of the molecule is O=C1CCC(c2ccc3ccccc3c2)=[N+](c2ccc(C(=O)O)cc2)N1. The molecule has 0 unspecified atom stereocenters. The van der Waals surface area contributed by atoms with E-state index >= 15 is 0 Å². The lowest BCUT2D eigenvalue weighted by Crippen LogP contribution is -2.40. The maximum atomic E-state index is 12.0. The molecule has 0 aromatic heterocycles. The van der Waals surface area contributed by atoms with E-state index in [4.69, 9.17) is 5.11 Å². The van der Waals surface area contributed by atoms with Crippen LogP contribution in [-0.4, -0.2) is 27.4 Å². The summed E-state index contributed by atoms with van der Waals surface area (Å²) in [5.74, 6) is -1.03. The van der Waals surface area contributed by atoms with Gasteiger partial charge in [-0.25, -0.2) is 4.79 Å². The lowest BCUT2D eigenvalue weighted by atomic mass is 10.00. The van der Waals surface area contributed by atoms with Gasteiger partial charge in [0, 0.05) is 30.5 Å². The van der Waals surface area contributed by atoms with Crippen molar-refractivity contribution in [2.24, 2.45) is 0 Å². The number of rotatable bonds is 3. The minimum atomic E-state index is -0.974. The Kier molecular flexibility index (Phi) is 3.97. The third-order valence-corrected chi connectivity index (χ3v) is 4.55. The van der Waals surface area contributed by atoms with Crippen LogP contribution in [0, 0.1) is 0 Å². The Hall–Kier alpha value is -3.47.